The Balaban J connectivity index is 2.89. The standard InChI is InChI=1S/C18H31NO/c1-6-10-20-18-15(5)11-13(3)12-17(18)14(4)8-9-16(19)7-2/h11-12,14,16H,6-10,19H2,1-5H3. The minimum Gasteiger partial charge on any atom is -0.493 e. The van der Waals surface area contributed by atoms with Gasteiger partial charge in [-0.3, -0.25) is 0 Å². The van der Waals surface area contributed by atoms with Crippen molar-refractivity contribution in [3.63, 3.8) is 0 Å². The number of ether oxygens (including phenoxy) is 1. The van der Waals surface area contributed by atoms with E-state index >= 15 is 0 Å². The fourth-order valence-electron chi connectivity index (χ4n) is 2.58. The zero-order valence-corrected chi connectivity index (χ0v) is 13.8. The molecule has 20 heavy (non-hydrogen) atoms. The molecule has 0 aliphatic heterocycles. The summed E-state index contributed by atoms with van der Waals surface area (Å²) in [5, 5.41) is 0. The highest BCUT2D eigenvalue weighted by Crippen LogP contribution is 2.34. The first-order chi connectivity index (χ1) is 9.49. The largest absolute Gasteiger partial charge is 0.493 e. The van der Waals surface area contributed by atoms with Crippen LogP contribution in [0, 0.1) is 13.8 Å². The highest BCUT2D eigenvalue weighted by molar-refractivity contribution is 5.45. The third-order valence-electron chi connectivity index (χ3n) is 3.92. The van der Waals surface area contributed by atoms with Gasteiger partial charge in [0.25, 0.3) is 0 Å². The van der Waals surface area contributed by atoms with Crippen LogP contribution in [0.3, 0.4) is 0 Å². The van der Waals surface area contributed by atoms with Crippen molar-refractivity contribution in [2.45, 2.75) is 72.3 Å². The molecule has 1 rings (SSSR count). The van der Waals surface area contributed by atoms with E-state index in [0.29, 0.717) is 12.0 Å². The second-order valence-electron chi connectivity index (χ2n) is 6.00. The van der Waals surface area contributed by atoms with Crippen molar-refractivity contribution >= 4 is 0 Å². The Morgan fingerprint density at radius 3 is 2.45 bits per heavy atom. The van der Waals surface area contributed by atoms with Gasteiger partial charge >= 0.3 is 0 Å². The molecule has 0 bridgehead atoms. The molecule has 0 aliphatic carbocycles. The summed E-state index contributed by atoms with van der Waals surface area (Å²) in [6.45, 7) is 11.7. The second kappa shape index (κ2) is 8.31. The molecule has 114 valence electrons. The van der Waals surface area contributed by atoms with E-state index in [2.05, 4.69) is 46.8 Å². The van der Waals surface area contributed by atoms with Crippen molar-refractivity contribution in [3.8, 4) is 5.75 Å². The Bertz CT molecular complexity index is 414. The van der Waals surface area contributed by atoms with E-state index in [1.807, 2.05) is 0 Å². The highest BCUT2D eigenvalue weighted by atomic mass is 16.5. The summed E-state index contributed by atoms with van der Waals surface area (Å²) in [4.78, 5) is 0. The van der Waals surface area contributed by atoms with Crippen LogP contribution in [-0.2, 0) is 0 Å². The van der Waals surface area contributed by atoms with Gasteiger partial charge in [0.15, 0.2) is 0 Å². The average molecular weight is 277 g/mol. The summed E-state index contributed by atoms with van der Waals surface area (Å²) in [5.41, 5.74) is 9.96. The molecule has 0 heterocycles. The molecule has 2 unspecified atom stereocenters. The summed E-state index contributed by atoms with van der Waals surface area (Å²) >= 11 is 0. The van der Waals surface area contributed by atoms with Crippen LogP contribution in [0.2, 0.25) is 0 Å². The smallest absolute Gasteiger partial charge is 0.125 e. The summed E-state index contributed by atoms with van der Waals surface area (Å²) < 4.78 is 6.00. The highest BCUT2D eigenvalue weighted by Gasteiger charge is 2.15. The maximum absolute atomic E-state index is 6.05. The average Bonchev–Trinajstić information content (AvgIpc) is 2.42. The van der Waals surface area contributed by atoms with E-state index in [0.717, 1.165) is 38.0 Å². The molecule has 2 heteroatoms. The van der Waals surface area contributed by atoms with E-state index < -0.39 is 0 Å². The summed E-state index contributed by atoms with van der Waals surface area (Å²) in [6.07, 6.45) is 4.30. The lowest BCUT2D eigenvalue weighted by Gasteiger charge is -2.21. The van der Waals surface area contributed by atoms with Gasteiger partial charge in [-0.15, -0.1) is 0 Å². The first-order valence-electron chi connectivity index (χ1n) is 7.99. The van der Waals surface area contributed by atoms with Crippen molar-refractivity contribution in [3.05, 3.63) is 28.8 Å². The number of rotatable bonds is 8. The molecular weight excluding hydrogens is 246 g/mol. The number of nitrogens with two attached hydrogens (primary N) is 1. The monoisotopic (exact) mass is 277 g/mol. The molecule has 0 spiro atoms. The molecule has 2 atom stereocenters. The third kappa shape index (κ3) is 4.82. The molecule has 0 saturated carbocycles. The van der Waals surface area contributed by atoms with Crippen LogP contribution in [0.15, 0.2) is 12.1 Å². The Hall–Kier alpha value is -1.02. The summed E-state index contributed by atoms with van der Waals surface area (Å²) in [7, 11) is 0. The molecule has 0 saturated heterocycles. The molecule has 2 nitrogen and oxygen atoms in total. The predicted octanol–water partition coefficient (Wildman–Crippen LogP) is 4.71. The van der Waals surface area contributed by atoms with Crippen molar-refractivity contribution < 1.29 is 4.74 Å². The van der Waals surface area contributed by atoms with Crippen molar-refractivity contribution in [1.29, 1.82) is 0 Å². The minimum absolute atomic E-state index is 0.323. The SMILES string of the molecule is CCCOc1c(C)cc(C)cc1C(C)CCC(N)CC. The molecule has 2 N–H and O–H groups in total. The Morgan fingerprint density at radius 2 is 1.85 bits per heavy atom. The Morgan fingerprint density at radius 1 is 1.15 bits per heavy atom. The normalized spacial score (nSPS) is 14.1. The van der Waals surface area contributed by atoms with Crippen LogP contribution in [0.4, 0.5) is 0 Å². The van der Waals surface area contributed by atoms with Crippen molar-refractivity contribution in [2.24, 2.45) is 5.73 Å². The van der Waals surface area contributed by atoms with E-state index in [1.54, 1.807) is 0 Å². The second-order valence-corrected chi connectivity index (χ2v) is 6.00. The third-order valence-corrected chi connectivity index (χ3v) is 3.92. The van der Waals surface area contributed by atoms with Gasteiger partial charge in [-0.2, -0.15) is 0 Å². The van der Waals surface area contributed by atoms with E-state index in [-0.39, 0.29) is 0 Å². The predicted molar refractivity (Wildman–Crippen MR) is 87.6 cm³/mol. The Labute approximate surface area is 124 Å². The molecule has 1 aromatic carbocycles. The lowest BCUT2D eigenvalue weighted by molar-refractivity contribution is 0.309. The fourth-order valence-corrected chi connectivity index (χ4v) is 2.58. The van der Waals surface area contributed by atoms with E-state index in [4.69, 9.17) is 10.5 Å². The van der Waals surface area contributed by atoms with Crippen molar-refractivity contribution in [1.82, 2.24) is 0 Å². The molecule has 0 radical (unpaired) electrons. The molecule has 1 aromatic rings. The van der Waals surface area contributed by atoms with Crippen LogP contribution in [-0.4, -0.2) is 12.6 Å². The zero-order chi connectivity index (χ0) is 15.1. The van der Waals surface area contributed by atoms with E-state index in [9.17, 15) is 0 Å². The maximum Gasteiger partial charge on any atom is 0.125 e. The Kier molecular flexibility index (Phi) is 7.08. The minimum atomic E-state index is 0.323. The van der Waals surface area contributed by atoms with Gasteiger partial charge in [-0.1, -0.05) is 38.5 Å². The summed E-state index contributed by atoms with van der Waals surface area (Å²) in [5.74, 6) is 1.59. The molecule has 0 aromatic heterocycles. The van der Waals surface area contributed by atoms with Gasteiger partial charge in [0, 0.05) is 6.04 Å². The zero-order valence-electron chi connectivity index (χ0n) is 13.8. The number of benzene rings is 1. The first kappa shape index (κ1) is 17.0. The van der Waals surface area contributed by atoms with Crippen molar-refractivity contribution in [2.75, 3.05) is 6.61 Å². The maximum atomic E-state index is 6.05. The van der Waals surface area contributed by atoms with E-state index in [1.165, 1.54) is 16.7 Å². The van der Waals surface area contributed by atoms with Gasteiger partial charge in [0.05, 0.1) is 6.61 Å². The fraction of sp³-hybridized carbons (Fsp3) is 0.667. The van der Waals surface area contributed by atoms with Crippen LogP contribution < -0.4 is 10.5 Å². The first-order valence-corrected chi connectivity index (χ1v) is 7.99. The van der Waals surface area contributed by atoms with Gasteiger partial charge in [-0.25, -0.2) is 0 Å². The number of hydrogen-bond donors (Lipinski definition) is 1. The lowest BCUT2D eigenvalue weighted by Crippen LogP contribution is -2.19. The molecule has 0 fully saturated rings. The van der Waals surface area contributed by atoms with Crippen LogP contribution in [0.1, 0.15) is 69.1 Å². The quantitative estimate of drug-likeness (QED) is 0.746. The van der Waals surface area contributed by atoms with Gasteiger partial charge < -0.3 is 10.5 Å². The summed E-state index contributed by atoms with van der Waals surface area (Å²) in [6, 6.07) is 4.81. The number of aryl methyl sites for hydroxylation is 2. The lowest BCUT2D eigenvalue weighted by atomic mass is 9.90. The van der Waals surface area contributed by atoms with Crippen LogP contribution in [0.25, 0.3) is 0 Å². The molecule has 0 aliphatic rings. The molecule has 0 amide bonds. The van der Waals surface area contributed by atoms with Gasteiger partial charge in [-0.05, 0) is 56.6 Å². The molecular formula is C18H31NO. The number of hydrogen-bond acceptors (Lipinski definition) is 2. The van der Waals surface area contributed by atoms with Gasteiger partial charge in [0.2, 0.25) is 0 Å². The van der Waals surface area contributed by atoms with Crippen LogP contribution >= 0.6 is 0 Å². The topological polar surface area (TPSA) is 35.2 Å². The van der Waals surface area contributed by atoms with Crippen LogP contribution in [0.5, 0.6) is 5.75 Å². The van der Waals surface area contributed by atoms with Gasteiger partial charge in [0.1, 0.15) is 5.75 Å².